The molecule has 0 radical (unpaired) electrons. The van der Waals surface area contributed by atoms with Gasteiger partial charge in [0.2, 0.25) is 10.0 Å². The number of carbonyl (C=O) groups is 1. The lowest BCUT2D eigenvalue weighted by atomic mass is 10.1. The van der Waals surface area contributed by atoms with Crippen molar-refractivity contribution in [3.05, 3.63) is 29.8 Å². The van der Waals surface area contributed by atoms with Crippen molar-refractivity contribution in [2.75, 3.05) is 31.1 Å². The van der Waals surface area contributed by atoms with Gasteiger partial charge in [0.1, 0.15) is 0 Å². The van der Waals surface area contributed by atoms with Gasteiger partial charge in [0.05, 0.1) is 16.4 Å². The van der Waals surface area contributed by atoms with Crippen molar-refractivity contribution >= 4 is 25.8 Å². The lowest BCUT2D eigenvalue weighted by Gasteiger charge is -2.28. The molecule has 0 bridgehead atoms. The summed E-state index contributed by atoms with van der Waals surface area (Å²) in [6, 6.07) is 5.68. The number of sulfone groups is 1. The Kier molecular flexibility index (Phi) is 5.93. The average Bonchev–Trinajstić information content (AvgIpc) is 3.29. The second kappa shape index (κ2) is 7.89. The third kappa shape index (κ3) is 4.35. The Hall–Kier alpha value is -1.45. The van der Waals surface area contributed by atoms with Crippen molar-refractivity contribution in [2.24, 2.45) is 0 Å². The van der Waals surface area contributed by atoms with E-state index in [-0.39, 0.29) is 28.4 Å². The van der Waals surface area contributed by atoms with Gasteiger partial charge >= 0.3 is 0 Å². The first-order valence-electron chi connectivity index (χ1n) is 9.36. The van der Waals surface area contributed by atoms with Crippen LogP contribution in [0.15, 0.2) is 29.2 Å². The zero-order valence-corrected chi connectivity index (χ0v) is 17.1. The molecule has 0 saturated carbocycles. The molecule has 27 heavy (non-hydrogen) atoms. The van der Waals surface area contributed by atoms with Crippen LogP contribution >= 0.6 is 0 Å². The normalized spacial score (nSPS) is 22.8. The van der Waals surface area contributed by atoms with Gasteiger partial charge in [-0.1, -0.05) is 6.92 Å². The summed E-state index contributed by atoms with van der Waals surface area (Å²) in [5.41, 5.74) is 0.383. The maximum Gasteiger partial charge on any atom is 0.254 e. The SMILES string of the molecule is CCCN(C(=O)c1ccc(S(=O)(=O)N2CCCC2)cc1)C1CCS(=O)(=O)C1. The molecular formula is C18H26N2O5S2. The van der Waals surface area contributed by atoms with E-state index in [1.54, 1.807) is 4.90 Å². The molecule has 2 fully saturated rings. The first-order chi connectivity index (χ1) is 12.7. The minimum Gasteiger partial charge on any atom is -0.335 e. The standard InChI is InChI=1S/C18H26N2O5S2/c1-2-10-20(16-9-13-26(22,23)14-16)18(21)15-5-7-17(8-6-15)27(24,25)19-11-3-4-12-19/h5-8,16H,2-4,9-14H2,1H3. The number of sulfonamides is 1. The zero-order chi connectivity index (χ0) is 19.7. The Morgan fingerprint density at radius 1 is 1.19 bits per heavy atom. The molecule has 1 aromatic rings. The Morgan fingerprint density at radius 2 is 1.81 bits per heavy atom. The van der Waals surface area contributed by atoms with Crippen molar-refractivity contribution in [3.63, 3.8) is 0 Å². The van der Waals surface area contributed by atoms with Gasteiger partial charge in [-0.3, -0.25) is 4.79 Å². The van der Waals surface area contributed by atoms with Crippen LogP contribution in [-0.4, -0.2) is 69.1 Å². The molecule has 9 heteroatoms. The second-order valence-corrected chi connectivity index (χ2v) is 11.4. The quantitative estimate of drug-likeness (QED) is 0.704. The van der Waals surface area contributed by atoms with Crippen LogP contribution in [0.25, 0.3) is 0 Å². The molecule has 1 unspecified atom stereocenters. The molecule has 2 aliphatic heterocycles. The van der Waals surface area contributed by atoms with E-state index in [4.69, 9.17) is 0 Å². The first kappa shape index (κ1) is 20.3. The summed E-state index contributed by atoms with van der Waals surface area (Å²) in [6.07, 6.45) is 2.91. The number of carbonyl (C=O) groups excluding carboxylic acids is 1. The molecule has 2 aliphatic rings. The van der Waals surface area contributed by atoms with Crippen LogP contribution in [0.5, 0.6) is 0 Å². The molecule has 0 N–H and O–H groups in total. The molecule has 2 saturated heterocycles. The minimum absolute atomic E-state index is 0.000162. The Bertz CT molecular complexity index is 888. The molecule has 0 aromatic heterocycles. The number of benzene rings is 1. The Balaban J connectivity index is 1.79. The van der Waals surface area contributed by atoms with Gasteiger partial charge in [0.25, 0.3) is 5.91 Å². The Morgan fingerprint density at radius 3 is 2.33 bits per heavy atom. The van der Waals surface area contributed by atoms with Crippen LogP contribution < -0.4 is 0 Å². The predicted octanol–water partition coefficient (Wildman–Crippen LogP) is 1.51. The number of hydrogen-bond donors (Lipinski definition) is 0. The van der Waals surface area contributed by atoms with Gasteiger partial charge < -0.3 is 4.90 Å². The fraction of sp³-hybridized carbons (Fsp3) is 0.611. The Labute approximate surface area is 161 Å². The highest BCUT2D eigenvalue weighted by Gasteiger charge is 2.35. The van der Waals surface area contributed by atoms with Crippen molar-refractivity contribution in [1.82, 2.24) is 9.21 Å². The molecule has 1 aromatic carbocycles. The highest BCUT2D eigenvalue weighted by molar-refractivity contribution is 7.91. The van der Waals surface area contributed by atoms with E-state index in [0.717, 1.165) is 19.3 Å². The molecule has 0 spiro atoms. The molecule has 0 aliphatic carbocycles. The first-order valence-corrected chi connectivity index (χ1v) is 12.6. The monoisotopic (exact) mass is 414 g/mol. The maximum absolute atomic E-state index is 12.9. The van der Waals surface area contributed by atoms with Gasteiger partial charge in [-0.15, -0.1) is 0 Å². The molecule has 3 rings (SSSR count). The number of rotatable bonds is 6. The molecule has 150 valence electrons. The molecule has 7 nitrogen and oxygen atoms in total. The highest BCUT2D eigenvalue weighted by atomic mass is 32.2. The average molecular weight is 415 g/mol. The minimum atomic E-state index is -3.51. The summed E-state index contributed by atoms with van der Waals surface area (Å²) < 4.78 is 50.2. The van der Waals surface area contributed by atoms with Crippen LogP contribution in [0, 0.1) is 0 Å². The zero-order valence-electron chi connectivity index (χ0n) is 15.5. The van der Waals surface area contributed by atoms with Gasteiger partial charge in [-0.05, 0) is 49.9 Å². The fourth-order valence-corrected chi connectivity index (χ4v) is 6.97. The topological polar surface area (TPSA) is 91.8 Å². The van der Waals surface area contributed by atoms with Crippen molar-refractivity contribution in [3.8, 4) is 0 Å². The van der Waals surface area contributed by atoms with Crippen LogP contribution in [0.3, 0.4) is 0 Å². The predicted molar refractivity (Wildman–Crippen MR) is 103 cm³/mol. The van der Waals surface area contributed by atoms with E-state index in [9.17, 15) is 21.6 Å². The van der Waals surface area contributed by atoms with Crippen molar-refractivity contribution in [2.45, 2.75) is 43.5 Å². The summed E-state index contributed by atoms with van der Waals surface area (Å²) >= 11 is 0. The van der Waals surface area contributed by atoms with Crippen molar-refractivity contribution < 1.29 is 21.6 Å². The van der Waals surface area contributed by atoms with Gasteiger partial charge in [-0.2, -0.15) is 4.31 Å². The van der Waals surface area contributed by atoms with E-state index < -0.39 is 19.9 Å². The summed E-state index contributed by atoms with van der Waals surface area (Å²) in [5, 5.41) is 0. The fourth-order valence-electron chi connectivity index (χ4n) is 3.72. The number of amides is 1. The summed E-state index contributed by atoms with van der Waals surface area (Å²) in [4.78, 5) is 14.7. The number of hydrogen-bond acceptors (Lipinski definition) is 5. The molecule has 2 heterocycles. The smallest absolute Gasteiger partial charge is 0.254 e. The van der Waals surface area contributed by atoms with E-state index in [1.807, 2.05) is 6.92 Å². The van der Waals surface area contributed by atoms with Crippen LogP contribution in [0.4, 0.5) is 0 Å². The van der Waals surface area contributed by atoms with Crippen LogP contribution in [-0.2, 0) is 19.9 Å². The second-order valence-electron chi connectivity index (χ2n) is 7.19. The van der Waals surface area contributed by atoms with E-state index in [0.29, 0.717) is 31.6 Å². The van der Waals surface area contributed by atoms with Gasteiger partial charge in [-0.25, -0.2) is 16.8 Å². The largest absolute Gasteiger partial charge is 0.335 e. The highest BCUT2D eigenvalue weighted by Crippen LogP contribution is 2.23. The third-order valence-electron chi connectivity index (χ3n) is 5.18. The van der Waals surface area contributed by atoms with Gasteiger partial charge in [0.15, 0.2) is 9.84 Å². The third-order valence-corrected chi connectivity index (χ3v) is 8.84. The lowest BCUT2D eigenvalue weighted by Crippen LogP contribution is -2.41. The lowest BCUT2D eigenvalue weighted by molar-refractivity contribution is 0.0697. The van der Waals surface area contributed by atoms with Crippen LogP contribution in [0.1, 0.15) is 43.0 Å². The van der Waals surface area contributed by atoms with Crippen molar-refractivity contribution in [1.29, 1.82) is 0 Å². The van der Waals surface area contributed by atoms with E-state index >= 15 is 0 Å². The summed E-state index contributed by atoms with van der Waals surface area (Å²) in [6.45, 7) is 3.48. The van der Waals surface area contributed by atoms with Gasteiger partial charge in [0, 0.05) is 31.2 Å². The van der Waals surface area contributed by atoms with Crippen LogP contribution in [0.2, 0.25) is 0 Å². The number of nitrogens with zero attached hydrogens (tertiary/aromatic N) is 2. The maximum atomic E-state index is 12.9. The molecule has 1 atom stereocenters. The molecular weight excluding hydrogens is 388 g/mol. The summed E-state index contributed by atoms with van der Waals surface area (Å²) in [5.74, 6) is -0.137. The van der Waals surface area contributed by atoms with E-state index in [1.165, 1.54) is 28.6 Å². The van der Waals surface area contributed by atoms with E-state index in [2.05, 4.69) is 0 Å². The summed E-state index contributed by atoms with van der Waals surface area (Å²) in [7, 11) is -6.60. The molecule has 1 amide bonds.